The molecule has 0 fully saturated rings. The lowest BCUT2D eigenvalue weighted by atomic mass is 9.80. The number of hydrogen-bond acceptors (Lipinski definition) is 5. The lowest BCUT2D eigenvalue weighted by Crippen LogP contribution is -2.36. The third kappa shape index (κ3) is 6.55. The standard InChI is InChI=1S/C31H40N2O5/c1-30(2,3)37-28(35)32-25-17-9-11-19-21(25)13-7-15-23(19)27(34)24-16-8-14-22-20(24)12-10-18-26(22)33-29(36)38-31(4,5)6/h7-8,13-16,25-26H,9-12,17-18H2,1-6H3,(H,32,35)(H,33,36)/t25-,26-/m1/s1. The number of benzene rings is 2. The molecule has 0 aromatic heterocycles. The van der Waals surface area contributed by atoms with Crippen molar-refractivity contribution in [2.45, 2.75) is 103 Å². The Morgan fingerprint density at radius 2 is 1.08 bits per heavy atom. The highest BCUT2D eigenvalue weighted by atomic mass is 16.6. The smallest absolute Gasteiger partial charge is 0.408 e. The maximum Gasteiger partial charge on any atom is 0.408 e. The van der Waals surface area contributed by atoms with Crippen molar-refractivity contribution in [1.82, 2.24) is 10.6 Å². The van der Waals surface area contributed by atoms with Crippen molar-refractivity contribution in [2.24, 2.45) is 0 Å². The summed E-state index contributed by atoms with van der Waals surface area (Å²) in [5.74, 6) is -0.0189. The molecule has 2 aliphatic rings. The molecule has 38 heavy (non-hydrogen) atoms. The van der Waals surface area contributed by atoms with E-state index in [9.17, 15) is 14.4 Å². The van der Waals surface area contributed by atoms with Crippen LogP contribution in [0.4, 0.5) is 9.59 Å². The maximum atomic E-state index is 14.0. The van der Waals surface area contributed by atoms with Gasteiger partial charge in [0.1, 0.15) is 11.2 Å². The summed E-state index contributed by atoms with van der Waals surface area (Å²) in [6.45, 7) is 11.0. The summed E-state index contributed by atoms with van der Waals surface area (Å²) in [6, 6.07) is 11.1. The minimum absolute atomic E-state index is 0.0189. The lowest BCUT2D eigenvalue weighted by Gasteiger charge is -2.30. The van der Waals surface area contributed by atoms with E-state index in [1.165, 1.54) is 0 Å². The van der Waals surface area contributed by atoms with E-state index in [1.54, 1.807) is 0 Å². The molecule has 204 valence electrons. The summed E-state index contributed by atoms with van der Waals surface area (Å²) >= 11 is 0. The van der Waals surface area contributed by atoms with Crippen molar-refractivity contribution in [3.05, 3.63) is 69.8 Å². The Morgan fingerprint density at radius 1 is 0.684 bits per heavy atom. The van der Waals surface area contributed by atoms with Gasteiger partial charge in [-0.25, -0.2) is 9.59 Å². The Kier molecular flexibility index (Phi) is 7.86. The SMILES string of the molecule is CC(C)(C)OC(=O)N[C@@H]1CCCc2c(C(=O)c3cccc4c3CCC[C@H]4NC(=O)OC(C)(C)C)cccc21. The first kappa shape index (κ1) is 27.7. The minimum atomic E-state index is -0.581. The molecule has 7 nitrogen and oxygen atoms in total. The lowest BCUT2D eigenvalue weighted by molar-refractivity contribution is 0.0487. The Morgan fingerprint density at radius 3 is 1.45 bits per heavy atom. The molecule has 0 saturated carbocycles. The largest absolute Gasteiger partial charge is 0.444 e. The van der Waals surface area contributed by atoms with Gasteiger partial charge < -0.3 is 20.1 Å². The van der Waals surface area contributed by atoms with E-state index < -0.39 is 23.4 Å². The number of carbonyl (C=O) groups excluding carboxylic acids is 3. The van der Waals surface area contributed by atoms with Gasteiger partial charge in [-0.1, -0.05) is 36.4 Å². The van der Waals surface area contributed by atoms with Gasteiger partial charge in [0.05, 0.1) is 12.1 Å². The van der Waals surface area contributed by atoms with Crippen LogP contribution in [0.3, 0.4) is 0 Å². The Bertz CT molecular complexity index is 1130. The third-order valence-electron chi connectivity index (χ3n) is 6.89. The van der Waals surface area contributed by atoms with E-state index in [-0.39, 0.29) is 17.9 Å². The summed E-state index contributed by atoms with van der Waals surface area (Å²) in [6.07, 6.45) is 3.98. The molecule has 2 aromatic rings. The fraction of sp³-hybridized carbons (Fsp3) is 0.516. The van der Waals surface area contributed by atoms with E-state index in [0.29, 0.717) is 11.1 Å². The Hall–Kier alpha value is -3.35. The van der Waals surface area contributed by atoms with Crippen LogP contribution in [-0.4, -0.2) is 29.2 Å². The molecule has 4 rings (SSSR count). The van der Waals surface area contributed by atoms with E-state index in [0.717, 1.165) is 60.8 Å². The van der Waals surface area contributed by atoms with Gasteiger partial charge in [-0.2, -0.15) is 0 Å². The first-order valence-corrected chi connectivity index (χ1v) is 13.6. The van der Waals surface area contributed by atoms with Crippen LogP contribution in [0.1, 0.15) is 117 Å². The summed E-state index contributed by atoms with van der Waals surface area (Å²) in [4.78, 5) is 39.0. The van der Waals surface area contributed by atoms with Crippen LogP contribution in [0.5, 0.6) is 0 Å². The number of ether oxygens (including phenoxy) is 2. The molecule has 2 aliphatic carbocycles. The maximum absolute atomic E-state index is 14.0. The molecule has 0 saturated heterocycles. The van der Waals surface area contributed by atoms with Crippen molar-refractivity contribution in [1.29, 1.82) is 0 Å². The fourth-order valence-electron chi connectivity index (χ4n) is 5.47. The highest BCUT2D eigenvalue weighted by Crippen LogP contribution is 2.36. The van der Waals surface area contributed by atoms with Gasteiger partial charge >= 0.3 is 12.2 Å². The van der Waals surface area contributed by atoms with E-state index in [4.69, 9.17) is 9.47 Å². The molecular formula is C31H40N2O5. The number of alkyl carbamates (subject to hydrolysis) is 2. The zero-order chi connectivity index (χ0) is 27.7. The third-order valence-corrected chi connectivity index (χ3v) is 6.89. The van der Waals surface area contributed by atoms with Crippen molar-refractivity contribution in [3.8, 4) is 0 Å². The molecule has 0 radical (unpaired) electrons. The van der Waals surface area contributed by atoms with Crippen LogP contribution in [0.15, 0.2) is 36.4 Å². The molecule has 0 heterocycles. The van der Waals surface area contributed by atoms with Crippen LogP contribution in [0.2, 0.25) is 0 Å². The second-order valence-corrected chi connectivity index (χ2v) is 12.3. The van der Waals surface area contributed by atoms with Gasteiger partial charge in [-0.3, -0.25) is 4.79 Å². The summed E-state index contributed by atoms with van der Waals surface area (Å²) in [7, 11) is 0. The van der Waals surface area contributed by atoms with E-state index in [2.05, 4.69) is 10.6 Å². The van der Waals surface area contributed by atoms with Gasteiger partial charge in [0.15, 0.2) is 5.78 Å². The van der Waals surface area contributed by atoms with E-state index >= 15 is 0 Å². The molecular weight excluding hydrogens is 480 g/mol. The quantitative estimate of drug-likeness (QED) is 0.437. The number of nitrogens with one attached hydrogen (secondary N) is 2. The van der Waals surface area contributed by atoms with Crippen molar-refractivity contribution < 1.29 is 23.9 Å². The summed E-state index contributed by atoms with van der Waals surface area (Å²) in [5.41, 5.74) is 4.11. The zero-order valence-corrected chi connectivity index (χ0v) is 23.4. The first-order valence-electron chi connectivity index (χ1n) is 13.6. The number of amides is 2. The molecule has 0 spiro atoms. The molecule has 2 N–H and O–H groups in total. The second-order valence-electron chi connectivity index (χ2n) is 12.3. The molecule has 0 bridgehead atoms. The normalized spacial score (nSPS) is 19.0. The minimum Gasteiger partial charge on any atom is -0.444 e. The van der Waals surface area contributed by atoms with Gasteiger partial charge in [0.25, 0.3) is 0 Å². The van der Waals surface area contributed by atoms with Gasteiger partial charge in [0.2, 0.25) is 0 Å². The summed E-state index contributed by atoms with van der Waals surface area (Å²) in [5, 5.41) is 6.01. The van der Waals surface area contributed by atoms with Crippen molar-refractivity contribution in [2.75, 3.05) is 0 Å². The monoisotopic (exact) mass is 520 g/mol. The van der Waals surface area contributed by atoms with Gasteiger partial charge in [-0.05, 0) is 102 Å². The number of rotatable bonds is 4. The topological polar surface area (TPSA) is 93.7 Å². The average molecular weight is 521 g/mol. The first-order chi connectivity index (χ1) is 17.8. The predicted octanol–water partition coefficient (Wildman–Crippen LogP) is 6.72. The average Bonchev–Trinajstić information content (AvgIpc) is 2.81. The number of hydrogen-bond donors (Lipinski definition) is 2. The Balaban J connectivity index is 1.61. The van der Waals surface area contributed by atoms with Crippen LogP contribution < -0.4 is 10.6 Å². The molecule has 2 aromatic carbocycles. The highest BCUT2D eigenvalue weighted by molar-refractivity contribution is 6.11. The Labute approximate surface area is 225 Å². The summed E-state index contributed by atoms with van der Waals surface area (Å²) < 4.78 is 10.9. The van der Waals surface area contributed by atoms with Gasteiger partial charge in [-0.15, -0.1) is 0 Å². The predicted molar refractivity (Wildman–Crippen MR) is 146 cm³/mol. The molecule has 7 heteroatoms. The van der Waals surface area contributed by atoms with Crippen LogP contribution in [-0.2, 0) is 22.3 Å². The number of ketones is 1. The number of carbonyl (C=O) groups is 3. The zero-order valence-electron chi connectivity index (χ0n) is 23.4. The molecule has 2 amide bonds. The van der Waals surface area contributed by atoms with Crippen molar-refractivity contribution in [3.63, 3.8) is 0 Å². The molecule has 0 unspecified atom stereocenters. The highest BCUT2D eigenvalue weighted by Gasteiger charge is 2.31. The number of fused-ring (bicyclic) bond motifs is 2. The fourth-order valence-corrected chi connectivity index (χ4v) is 5.47. The second kappa shape index (κ2) is 10.8. The van der Waals surface area contributed by atoms with E-state index in [1.807, 2.05) is 77.9 Å². The van der Waals surface area contributed by atoms with Crippen LogP contribution in [0, 0.1) is 0 Å². The van der Waals surface area contributed by atoms with Gasteiger partial charge in [0, 0.05) is 11.1 Å². The van der Waals surface area contributed by atoms with Crippen LogP contribution in [0.25, 0.3) is 0 Å². The molecule has 2 atom stereocenters. The van der Waals surface area contributed by atoms with Crippen molar-refractivity contribution >= 4 is 18.0 Å². The molecule has 0 aliphatic heterocycles. The van der Waals surface area contributed by atoms with Crippen LogP contribution >= 0.6 is 0 Å².